The molecule has 0 bridgehead atoms. The van der Waals surface area contributed by atoms with Crippen molar-refractivity contribution >= 4 is 42.4 Å². The molecule has 0 aliphatic carbocycles. The summed E-state index contributed by atoms with van der Waals surface area (Å²) in [5.41, 5.74) is 0.498. The van der Waals surface area contributed by atoms with Crippen LogP contribution in [0.5, 0.6) is 0 Å². The van der Waals surface area contributed by atoms with Crippen molar-refractivity contribution in [2.24, 2.45) is 0 Å². The summed E-state index contributed by atoms with van der Waals surface area (Å²) >= 11 is 0. The Morgan fingerprint density at radius 1 is 1.20 bits per heavy atom. The molecule has 1 saturated heterocycles. The third-order valence-corrected chi connectivity index (χ3v) is 4.78. The van der Waals surface area contributed by atoms with Crippen LogP contribution in [-0.2, 0) is 10.4 Å². The van der Waals surface area contributed by atoms with E-state index in [1.165, 1.54) is 26.3 Å². The fourth-order valence-electron chi connectivity index (χ4n) is 2.95. The standard InChI is InChI=1S/C16H26NO.C3H6O2.ClH.HI/c1-3-4-12-17(2)13-10-16(18,11-14-17)15-8-6-5-7-9-15;1-2-3(4)5;;/h5-9,18H,3-4,10-14H2,1-2H3;2H2,1H3,(H,4,5);2*1H/q+1;;;/p-1. The SMILES string of the molecule is CCC(=O)[O-].CCCC[N+]1(C)CCC(O)(c2ccccc2)CC1.Cl.I. The van der Waals surface area contributed by atoms with Crippen molar-refractivity contribution in [3.05, 3.63) is 35.9 Å². The largest absolute Gasteiger partial charge is 0.550 e. The molecule has 4 nitrogen and oxygen atoms in total. The summed E-state index contributed by atoms with van der Waals surface area (Å²) in [5.74, 6) is -0.995. The van der Waals surface area contributed by atoms with Gasteiger partial charge < -0.3 is 19.5 Å². The number of benzene rings is 1. The maximum Gasteiger partial charge on any atom is 0.100 e. The maximum atomic E-state index is 10.8. The molecule has 146 valence electrons. The van der Waals surface area contributed by atoms with Crippen LogP contribution in [0, 0.1) is 0 Å². The first-order valence-corrected chi connectivity index (χ1v) is 8.66. The van der Waals surface area contributed by atoms with Crippen molar-refractivity contribution in [3.8, 4) is 0 Å². The zero-order valence-corrected chi connectivity index (χ0v) is 18.7. The van der Waals surface area contributed by atoms with Gasteiger partial charge in [0.25, 0.3) is 0 Å². The van der Waals surface area contributed by atoms with E-state index in [4.69, 9.17) is 0 Å². The Labute approximate surface area is 175 Å². The van der Waals surface area contributed by atoms with Gasteiger partial charge in [0.15, 0.2) is 0 Å². The number of aliphatic hydroxyl groups is 1. The molecule has 1 aliphatic rings. The first-order chi connectivity index (χ1) is 10.9. The van der Waals surface area contributed by atoms with Crippen molar-refractivity contribution in [1.29, 1.82) is 0 Å². The highest BCUT2D eigenvalue weighted by Crippen LogP contribution is 2.34. The van der Waals surface area contributed by atoms with Crippen LogP contribution in [0.15, 0.2) is 30.3 Å². The lowest BCUT2D eigenvalue weighted by Crippen LogP contribution is -2.54. The number of carbonyl (C=O) groups is 1. The summed E-state index contributed by atoms with van der Waals surface area (Å²) in [6.45, 7) is 7.21. The molecule has 0 spiro atoms. The lowest BCUT2D eigenvalue weighted by atomic mass is 9.83. The summed E-state index contributed by atoms with van der Waals surface area (Å²) in [5, 5.41) is 20.0. The van der Waals surface area contributed by atoms with E-state index >= 15 is 0 Å². The number of unbranched alkanes of at least 4 members (excludes halogenated alkanes) is 1. The number of rotatable bonds is 5. The number of hydrogen-bond donors (Lipinski definition) is 1. The van der Waals surface area contributed by atoms with Gasteiger partial charge in [-0.15, -0.1) is 36.4 Å². The molecule has 25 heavy (non-hydrogen) atoms. The van der Waals surface area contributed by atoms with E-state index in [9.17, 15) is 15.0 Å². The molecule has 1 aromatic rings. The molecule has 0 unspecified atom stereocenters. The average molecular weight is 486 g/mol. The molecule has 1 aromatic carbocycles. The van der Waals surface area contributed by atoms with Crippen LogP contribution in [0.1, 0.15) is 51.5 Å². The number of carboxylic acids is 1. The highest BCUT2D eigenvalue weighted by Gasteiger charge is 2.39. The quantitative estimate of drug-likeness (QED) is 0.515. The molecular formula is C19H33ClINO3. The molecule has 1 aliphatic heterocycles. The Hall–Kier alpha value is -0.370. The number of carboxylic acid groups (broad SMARTS) is 1. The van der Waals surface area contributed by atoms with Crippen LogP contribution in [0.4, 0.5) is 0 Å². The molecule has 1 heterocycles. The normalized spacial score (nSPS) is 24.8. The average Bonchev–Trinajstić information content (AvgIpc) is 2.57. The van der Waals surface area contributed by atoms with Crippen LogP contribution in [0.3, 0.4) is 0 Å². The zero-order chi connectivity index (χ0) is 17.3. The van der Waals surface area contributed by atoms with Crippen molar-refractivity contribution in [2.45, 2.75) is 51.6 Å². The van der Waals surface area contributed by atoms with Gasteiger partial charge in [-0.2, -0.15) is 0 Å². The van der Waals surface area contributed by atoms with Crippen LogP contribution >= 0.6 is 36.4 Å². The van der Waals surface area contributed by atoms with Crippen LogP contribution in [0.2, 0.25) is 0 Å². The van der Waals surface area contributed by atoms with Gasteiger partial charge in [-0.05, 0) is 18.4 Å². The van der Waals surface area contributed by atoms with E-state index < -0.39 is 11.6 Å². The van der Waals surface area contributed by atoms with Crippen molar-refractivity contribution < 1.29 is 19.5 Å². The highest BCUT2D eigenvalue weighted by molar-refractivity contribution is 14.0. The third-order valence-electron chi connectivity index (χ3n) is 4.78. The van der Waals surface area contributed by atoms with Gasteiger partial charge >= 0.3 is 0 Å². The molecule has 1 fully saturated rings. The van der Waals surface area contributed by atoms with Gasteiger partial charge in [0.2, 0.25) is 0 Å². The predicted molar refractivity (Wildman–Crippen MR) is 113 cm³/mol. The topological polar surface area (TPSA) is 60.4 Å². The van der Waals surface area contributed by atoms with Gasteiger partial charge in [0.1, 0.15) is 5.60 Å². The molecule has 0 saturated carbocycles. The lowest BCUT2D eigenvalue weighted by Gasteiger charge is -2.44. The third kappa shape index (κ3) is 9.22. The van der Waals surface area contributed by atoms with Crippen LogP contribution in [0.25, 0.3) is 0 Å². The van der Waals surface area contributed by atoms with E-state index in [1.54, 1.807) is 0 Å². The summed E-state index contributed by atoms with van der Waals surface area (Å²) in [7, 11) is 2.33. The Morgan fingerprint density at radius 3 is 2.08 bits per heavy atom. The monoisotopic (exact) mass is 485 g/mol. The molecule has 1 N–H and O–H groups in total. The highest BCUT2D eigenvalue weighted by atomic mass is 127. The second kappa shape index (κ2) is 12.9. The van der Waals surface area contributed by atoms with E-state index in [1.807, 2.05) is 18.2 Å². The Bertz CT molecular complexity index is 477. The zero-order valence-electron chi connectivity index (χ0n) is 15.6. The van der Waals surface area contributed by atoms with Gasteiger partial charge in [-0.3, -0.25) is 0 Å². The summed E-state index contributed by atoms with van der Waals surface area (Å²) in [6, 6.07) is 10.2. The van der Waals surface area contributed by atoms with Gasteiger partial charge in [0, 0.05) is 18.8 Å². The number of carbonyl (C=O) groups excluding carboxylic acids is 1. The molecule has 0 amide bonds. The molecule has 0 atom stereocenters. The summed E-state index contributed by atoms with van der Waals surface area (Å²) in [6.07, 6.45) is 4.44. The van der Waals surface area contributed by atoms with E-state index in [2.05, 4.69) is 26.1 Å². The van der Waals surface area contributed by atoms with Crippen molar-refractivity contribution in [1.82, 2.24) is 0 Å². The van der Waals surface area contributed by atoms with E-state index in [-0.39, 0.29) is 42.8 Å². The van der Waals surface area contributed by atoms with Crippen molar-refractivity contribution in [2.75, 3.05) is 26.7 Å². The number of piperidine rings is 1. The Balaban J connectivity index is 0. The molecule has 0 aromatic heterocycles. The Kier molecular flexibility index (Phi) is 13.9. The smallest absolute Gasteiger partial charge is 0.100 e. The minimum absolute atomic E-state index is 0. The summed E-state index contributed by atoms with van der Waals surface area (Å²) in [4.78, 5) is 9.26. The first kappa shape index (κ1) is 26.9. The van der Waals surface area contributed by atoms with Gasteiger partial charge in [-0.1, -0.05) is 50.6 Å². The van der Waals surface area contributed by atoms with Gasteiger partial charge in [-0.25, -0.2) is 0 Å². The second-order valence-corrected chi connectivity index (χ2v) is 6.77. The second-order valence-electron chi connectivity index (χ2n) is 6.77. The number of aliphatic carboxylic acids is 1. The molecule has 2 rings (SSSR count). The number of quaternary nitrogens is 1. The van der Waals surface area contributed by atoms with Crippen molar-refractivity contribution in [3.63, 3.8) is 0 Å². The number of halogens is 2. The lowest BCUT2D eigenvalue weighted by molar-refractivity contribution is -0.917. The minimum atomic E-state index is -0.995. The fourth-order valence-corrected chi connectivity index (χ4v) is 2.95. The maximum absolute atomic E-state index is 10.8. The van der Waals surface area contributed by atoms with Crippen LogP contribution < -0.4 is 5.11 Å². The summed E-state index contributed by atoms with van der Waals surface area (Å²) < 4.78 is 1.13. The minimum Gasteiger partial charge on any atom is -0.550 e. The molecular weight excluding hydrogens is 453 g/mol. The Morgan fingerprint density at radius 2 is 1.68 bits per heavy atom. The number of hydrogen-bond acceptors (Lipinski definition) is 3. The molecule has 0 radical (unpaired) electrons. The van der Waals surface area contributed by atoms with E-state index in [0.717, 1.165) is 36.0 Å². The molecule has 6 heteroatoms. The first-order valence-electron chi connectivity index (χ1n) is 8.66. The predicted octanol–water partition coefficient (Wildman–Crippen LogP) is 3.10. The fraction of sp³-hybridized carbons (Fsp3) is 0.632. The number of likely N-dealkylation sites (tertiary alicyclic amines) is 1. The number of nitrogens with zero attached hydrogens (tertiary/aromatic N) is 1. The van der Waals surface area contributed by atoms with Gasteiger partial charge in [0.05, 0.1) is 26.7 Å². The van der Waals surface area contributed by atoms with Crippen LogP contribution in [-0.4, -0.2) is 42.2 Å². The van der Waals surface area contributed by atoms with E-state index in [0.29, 0.717) is 0 Å².